The Morgan fingerprint density at radius 1 is 1.43 bits per heavy atom. The van der Waals surface area contributed by atoms with Crippen molar-refractivity contribution in [3.8, 4) is 11.5 Å². The Hall–Kier alpha value is -1.88. The Morgan fingerprint density at radius 3 is 2.90 bits per heavy atom. The Kier molecular flexibility index (Phi) is 3.92. The summed E-state index contributed by atoms with van der Waals surface area (Å²) in [6.45, 7) is 4.69. The number of rotatable bonds is 6. The van der Waals surface area contributed by atoms with E-state index < -0.39 is 0 Å². The number of hydrogen-bond acceptors (Lipinski definition) is 3. The molecule has 2 aromatic rings. The zero-order valence-electron chi connectivity index (χ0n) is 12.3. The van der Waals surface area contributed by atoms with E-state index >= 15 is 0 Å². The minimum absolute atomic E-state index is 0.249. The van der Waals surface area contributed by atoms with Crippen LogP contribution in [0.15, 0.2) is 30.6 Å². The van der Waals surface area contributed by atoms with E-state index in [0.717, 1.165) is 5.56 Å². The first kappa shape index (κ1) is 14.1. The largest absolute Gasteiger partial charge is 0.451 e. The first-order chi connectivity index (χ1) is 10.1. The van der Waals surface area contributed by atoms with Crippen molar-refractivity contribution in [3.05, 3.63) is 42.0 Å². The molecule has 1 aliphatic carbocycles. The molecule has 1 saturated carbocycles. The predicted octanol–water partition coefficient (Wildman–Crippen LogP) is 3.65. The molecule has 0 saturated heterocycles. The van der Waals surface area contributed by atoms with Gasteiger partial charge in [-0.05, 0) is 32.8 Å². The second-order valence-electron chi connectivity index (χ2n) is 5.74. The fourth-order valence-electron chi connectivity index (χ4n) is 2.12. The second-order valence-corrected chi connectivity index (χ2v) is 5.74. The lowest BCUT2D eigenvalue weighted by atomic mass is 10.2. The van der Waals surface area contributed by atoms with Crippen molar-refractivity contribution in [2.75, 3.05) is 0 Å². The summed E-state index contributed by atoms with van der Waals surface area (Å²) in [7, 11) is 0. The van der Waals surface area contributed by atoms with Crippen LogP contribution in [0.4, 0.5) is 4.39 Å². The van der Waals surface area contributed by atoms with Crippen LogP contribution in [-0.2, 0) is 6.54 Å². The van der Waals surface area contributed by atoms with E-state index in [0.29, 0.717) is 18.3 Å². The zero-order valence-corrected chi connectivity index (χ0v) is 12.3. The summed E-state index contributed by atoms with van der Waals surface area (Å²) in [5.41, 5.74) is 0.833. The van der Waals surface area contributed by atoms with Gasteiger partial charge in [-0.3, -0.25) is 4.68 Å². The number of para-hydroxylation sites is 1. The molecule has 1 aliphatic rings. The molecular formula is C16H20FN3O. The number of nitrogens with zero attached hydrogens (tertiary/aromatic N) is 2. The molecule has 0 bridgehead atoms. The van der Waals surface area contributed by atoms with E-state index in [9.17, 15) is 4.39 Å². The molecule has 1 N–H and O–H groups in total. The van der Waals surface area contributed by atoms with Gasteiger partial charge in [-0.25, -0.2) is 4.39 Å². The summed E-state index contributed by atoms with van der Waals surface area (Å²) in [4.78, 5) is 0. The van der Waals surface area contributed by atoms with Gasteiger partial charge in [0.25, 0.3) is 0 Å². The molecule has 3 rings (SSSR count). The topological polar surface area (TPSA) is 39.1 Å². The average Bonchev–Trinajstić information content (AvgIpc) is 3.16. The van der Waals surface area contributed by atoms with Crippen molar-refractivity contribution >= 4 is 0 Å². The minimum atomic E-state index is -0.345. The van der Waals surface area contributed by atoms with Gasteiger partial charge in [-0.1, -0.05) is 12.1 Å². The van der Waals surface area contributed by atoms with Crippen molar-refractivity contribution in [1.29, 1.82) is 0 Å². The Balaban J connectivity index is 1.78. The van der Waals surface area contributed by atoms with Crippen LogP contribution in [0.2, 0.25) is 0 Å². The van der Waals surface area contributed by atoms with Gasteiger partial charge in [0, 0.05) is 24.2 Å². The van der Waals surface area contributed by atoms with Crippen molar-refractivity contribution in [2.24, 2.45) is 0 Å². The van der Waals surface area contributed by atoms with Gasteiger partial charge >= 0.3 is 0 Å². The van der Waals surface area contributed by atoms with Crippen LogP contribution in [0.5, 0.6) is 11.5 Å². The number of benzene rings is 1. The van der Waals surface area contributed by atoms with E-state index in [1.807, 2.05) is 19.9 Å². The van der Waals surface area contributed by atoms with Crippen molar-refractivity contribution in [2.45, 2.75) is 45.3 Å². The van der Waals surface area contributed by atoms with E-state index in [-0.39, 0.29) is 17.6 Å². The Morgan fingerprint density at radius 2 is 2.24 bits per heavy atom. The quantitative estimate of drug-likeness (QED) is 0.882. The number of aromatic nitrogens is 2. The molecule has 0 amide bonds. The maximum atomic E-state index is 14.1. The maximum absolute atomic E-state index is 14.1. The summed E-state index contributed by atoms with van der Waals surface area (Å²) >= 11 is 0. The summed E-state index contributed by atoms with van der Waals surface area (Å²) in [6.07, 6.45) is 5.80. The van der Waals surface area contributed by atoms with E-state index in [1.54, 1.807) is 23.1 Å². The van der Waals surface area contributed by atoms with E-state index in [2.05, 4.69) is 10.4 Å². The predicted molar refractivity (Wildman–Crippen MR) is 78.9 cm³/mol. The lowest BCUT2D eigenvalue weighted by molar-refractivity contribution is 0.431. The SMILES string of the molecule is CC(C)n1cc(Oc2c(F)cccc2CNC2CC2)cn1. The van der Waals surface area contributed by atoms with Crippen LogP contribution >= 0.6 is 0 Å². The van der Waals surface area contributed by atoms with Crippen molar-refractivity contribution < 1.29 is 9.13 Å². The molecule has 0 spiro atoms. The third kappa shape index (κ3) is 3.42. The molecule has 0 aliphatic heterocycles. The minimum Gasteiger partial charge on any atom is -0.451 e. The molecule has 0 unspecified atom stereocenters. The normalized spacial score (nSPS) is 14.7. The van der Waals surface area contributed by atoms with Gasteiger partial charge in [0.05, 0.1) is 12.4 Å². The smallest absolute Gasteiger partial charge is 0.167 e. The van der Waals surface area contributed by atoms with Gasteiger partial charge in [0.15, 0.2) is 17.3 Å². The molecule has 0 radical (unpaired) electrons. The van der Waals surface area contributed by atoms with E-state index in [1.165, 1.54) is 18.9 Å². The van der Waals surface area contributed by atoms with Gasteiger partial charge in [-0.15, -0.1) is 0 Å². The number of halogens is 1. The van der Waals surface area contributed by atoms with Crippen LogP contribution in [0.25, 0.3) is 0 Å². The fourth-order valence-corrected chi connectivity index (χ4v) is 2.12. The third-order valence-corrected chi connectivity index (χ3v) is 3.53. The molecule has 0 atom stereocenters. The van der Waals surface area contributed by atoms with Crippen LogP contribution in [0, 0.1) is 5.82 Å². The maximum Gasteiger partial charge on any atom is 0.167 e. The first-order valence-electron chi connectivity index (χ1n) is 7.36. The number of nitrogens with one attached hydrogen (secondary N) is 1. The molecule has 112 valence electrons. The highest BCUT2D eigenvalue weighted by Gasteiger charge is 2.21. The average molecular weight is 289 g/mol. The highest BCUT2D eigenvalue weighted by Crippen LogP contribution is 2.29. The zero-order chi connectivity index (χ0) is 14.8. The molecule has 1 fully saturated rings. The third-order valence-electron chi connectivity index (χ3n) is 3.53. The lowest BCUT2D eigenvalue weighted by Gasteiger charge is -2.11. The van der Waals surface area contributed by atoms with Crippen molar-refractivity contribution in [3.63, 3.8) is 0 Å². The summed E-state index contributed by atoms with van der Waals surface area (Å²) in [5.74, 6) is 0.498. The van der Waals surface area contributed by atoms with Crippen LogP contribution in [0.3, 0.4) is 0 Å². The van der Waals surface area contributed by atoms with Crippen molar-refractivity contribution in [1.82, 2.24) is 15.1 Å². The van der Waals surface area contributed by atoms with E-state index in [4.69, 9.17) is 4.74 Å². The summed E-state index contributed by atoms with van der Waals surface area (Å²) < 4.78 is 21.6. The number of ether oxygens (including phenoxy) is 1. The summed E-state index contributed by atoms with van der Waals surface area (Å²) in [5, 5.41) is 7.59. The Labute approximate surface area is 123 Å². The molecule has 21 heavy (non-hydrogen) atoms. The van der Waals surface area contributed by atoms with Crippen LogP contribution in [0.1, 0.15) is 38.3 Å². The highest BCUT2D eigenvalue weighted by molar-refractivity contribution is 5.38. The highest BCUT2D eigenvalue weighted by atomic mass is 19.1. The molecule has 4 nitrogen and oxygen atoms in total. The van der Waals surface area contributed by atoms with Crippen LogP contribution in [-0.4, -0.2) is 15.8 Å². The standard InChI is InChI=1S/C16H20FN3O/c1-11(2)20-10-14(9-19-20)21-16-12(4-3-5-15(16)17)8-18-13-6-7-13/h3-5,9-11,13,18H,6-8H2,1-2H3. The Bertz CT molecular complexity index is 620. The molecule has 5 heteroatoms. The fraction of sp³-hybridized carbons (Fsp3) is 0.438. The van der Waals surface area contributed by atoms with Gasteiger partial charge in [0.1, 0.15) is 0 Å². The summed E-state index contributed by atoms with van der Waals surface area (Å²) in [6, 6.07) is 5.84. The lowest BCUT2D eigenvalue weighted by Crippen LogP contribution is -2.16. The van der Waals surface area contributed by atoms with Crippen LogP contribution < -0.4 is 10.1 Å². The molecule has 1 heterocycles. The number of hydrogen-bond donors (Lipinski definition) is 1. The van der Waals surface area contributed by atoms with Gasteiger partial charge in [0.2, 0.25) is 0 Å². The first-order valence-corrected chi connectivity index (χ1v) is 7.36. The van der Waals surface area contributed by atoms with Gasteiger partial charge in [-0.2, -0.15) is 5.10 Å². The molecule has 1 aromatic carbocycles. The van der Waals surface area contributed by atoms with Gasteiger partial charge < -0.3 is 10.1 Å². The monoisotopic (exact) mass is 289 g/mol. The molecular weight excluding hydrogens is 269 g/mol. The molecule has 1 aromatic heterocycles. The second kappa shape index (κ2) is 5.85.